The topological polar surface area (TPSA) is 83.9 Å². The van der Waals surface area contributed by atoms with Gasteiger partial charge in [-0.25, -0.2) is 0 Å². The summed E-state index contributed by atoms with van der Waals surface area (Å²) < 4.78 is 5.81. The molecule has 3 rings (SSSR count). The highest BCUT2D eigenvalue weighted by Crippen LogP contribution is 2.33. The fourth-order valence-electron chi connectivity index (χ4n) is 1.88. The normalized spacial score (nSPS) is 10.5. The number of H-pyrrole nitrogens is 1. The zero-order valence-corrected chi connectivity index (χ0v) is 11.6. The molecule has 1 aromatic heterocycles. The SMILES string of the molecule is Oc1ccc(Oc2ccccc2Cl)c(Cc2nn[nH]n2)c1. The Morgan fingerprint density at radius 2 is 2.00 bits per heavy atom. The van der Waals surface area contributed by atoms with E-state index in [2.05, 4.69) is 20.6 Å². The maximum absolute atomic E-state index is 9.64. The highest BCUT2D eigenvalue weighted by molar-refractivity contribution is 6.32. The maximum Gasteiger partial charge on any atom is 0.179 e. The smallest absolute Gasteiger partial charge is 0.179 e. The van der Waals surface area contributed by atoms with Crippen molar-refractivity contribution in [1.29, 1.82) is 0 Å². The van der Waals surface area contributed by atoms with Gasteiger partial charge in [0.15, 0.2) is 5.82 Å². The Morgan fingerprint density at radius 1 is 1.14 bits per heavy atom. The Morgan fingerprint density at radius 3 is 2.76 bits per heavy atom. The van der Waals surface area contributed by atoms with Gasteiger partial charge in [-0.15, -0.1) is 10.2 Å². The van der Waals surface area contributed by atoms with Gasteiger partial charge in [0.05, 0.1) is 5.02 Å². The third kappa shape index (κ3) is 3.11. The number of aromatic amines is 1. The molecule has 0 saturated heterocycles. The number of aromatic hydroxyl groups is 1. The highest BCUT2D eigenvalue weighted by atomic mass is 35.5. The summed E-state index contributed by atoms with van der Waals surface area (Å²) in [5.41, 5.74) is 0.733. The lowest BCUT2D eigenvalue weighted by atomic mass is 10.1. The molecule has 0 fully saturated rings. The summed E-state index contributed by atoms with van der Waals surface area (Å²) in [6.45, 7) is 0. The van der Waals surface area contributed by atoms with Crippen molar-refractivity contribution in [2.45, 2.75) is 6.42 Å². The van der Waals surface area contributed by atoms with Crippen LogP contribution in [0.25, 0.3) is 0 Å². The third-order valence-electron chi connectivity index (χ3n) is 2.84. The molecule has 0 saturated carbocycles. The van der Waals surface area contributed by atoms with E-state index >= 15 is 0 Å². The molecule has 0 spiro atoms. The first-order valence-corrected chi connectivity index (χ1v) is 6.57. The monoisotopic (exact) mass is 302 g/mol. The second kappa shape index (κ2) is 5.80. The van der Waals surface area contributed by atoms with Crippen LogP contribution >= 0.6 is 11.6 Å². The maximum atomic E-state index is 9.64. The van der Waals surface area contributed by atoms with E-state index < -0.39 is 0 Å². The molecule has 0 amide bonds. The van der Waals surface area contributed by atoms with Gasteiger partial charge in [-0.1, -0.05) is 28.9 Å². The summed E-state index contributed by atoms with van der Waals surface area (Å²) in [5.74, 6) is 1.76. The van der Waals surface area contributed by atoms with Gasteiger partial charge in [-0.05, 0) is 30.3 Å². The standard InChI is InChI=1S/C14H11ClN4O2/c15-11-3-1-2-4-13(11)21-12-6-5-10(20)7-9(12)8-14-16-18-19-17-14/h1-7,20H,8H2,(H,16,17,18,19). The van der Waals surface area contributed by atoms with E-state index in [4.69, 9.17) is 16.3 Å². The Kier molecular flexibility index (Phi) is 3.70. The summed E-state index contributed by atoms with van der Waals surface area (Å²) in [6.07, 6.45) is 0.380. The molecule has 106 valence electrons. The number of aromatic nitrogens is 4. The van der Waals surface area contributed by atoms with Crippen LogP contribution < -0.4 is 4.74 Å². The largest absolute Gasteiger partial charge is 0.508 e. The predicted molar refractivity (Wildman–Crippen MR) is 76.6 cm³/mol. The summed E-state index contributed by atoms with van der Waals surface area (Å²) in [6, 6.07) is 12.0. The minimum Gasteiger partial charge on any atom is -0.508 e. The summed E-state index contributed by atoms with van der Waals surface area (Å²) in [7, 11) is 0. The number of phenols is 1. The number of hydrogen-bond donors (Lipinski definition) is 2. The molecule has 0 radical (unpaired) electrons. The lowest BCUT2D eigenvalue weighted by Crippen LogP contribution is -1.96. The summed E-state index contributed by atoms with van der Waals surface area (Å²) in [5, 5.41) is 23.8. The number of nitrogens with one attached hydrogen (secondary N) is 1. The van der Waals surface area contributed by atoms with Crippen molar-refractivity contribution in [2.75, 3.05) is 0 Å². The average Bonchev–Trinajstić information content (AvgIpc) is 2.97. The molecule has 2 N–H and O–H groups in total. The quantitative estimate of drug-likeness (QED) is 0.774. The predicted octanol–water partition coefficient (Wildman–Crippen LogP) is 2.94. The average molecular weight is 303 g/mol. The van der Waals surface area contributed by atoms with E-state index in [9.17, 15) is 5.11 Å². The van der Waals surface area contributed by atoms with E-state index in [-0.39, 0.29) is 5.75 Å². The molecule has 0 aliphatic heterocycles. The van der Waals surface area contributed by atoms with Gasteiger partial charge < -0.3 is 9.84 Å². The molecule has 0 aliphatic rings. The number of ether oxygens (including phenoxy) is 1. The number of nitrogens with zero attached hydrogens (tertiary/aromatic N) is 3. The lowest BCUT2D eigenvalue weighted by molar-refractivity contribution is 0.460. The first kappa shape index (κ1) is 13.4. The first-order valence-electron chi connectivity index (χ1n) is 6.19. The molecule has 0 aliphatic carbocycles. The molecule has 3 aromatic rings. The van der Waals surface area contributed by atoms with Gasteiger partial charge in [0.1, 0.15) is 17.2 Å². The van der Waals surface area contributed by atoms with E-state index in [0.29, 0.717) is 28.8 Å². The number of phenolic OH excluding ortho intramolecular Hbond substituents is 1. The zero-order chi connectivity index (χ0) is 14.7. The minimum atomic E-state index is 0.139. The van der Waals surface area contributed by atoms with Crippen molar-refractivity contribution < 1.29 is 9.84 Å². The van der Waals surface area contributed by atoms with Crippen LogP contribution in [0.4, 0.5) is 0 Å². The second-order valence-corrected chi connectivity index (χ2v) is 4.74. The van der Waals surface area contributed by atoms with Crippen molar-refractivity contribution in [3.05, 3.63) is 58.9 Å². The van der Waals surface area contributed by atoms with Crippen LogP contribution in [0.15, 0.2) is 42.5 Å². The number of benzene rings is 2. The van der Waals surface area contributed by atoms with Crippen molar-refractivity contribution in [2.24, 2.45) is 0 Å². The Hall–Kier alpha value is -2.60. The molecule has 0 unspecified atom stereocenters. The number of hydrogen-bond acceptors (Lipinski definition) is 5. The second-order valence-electron chi connectivity index (χ2n) is 4.33. The van der Waals surface area contributed by atoms with Crippen LogP contribution in [-0.4, -0.2) is 25.7 Å². The molecule has 7 heteroatoms. The van der Waals surface area contributed by atoms with Gasteiger partial charge in [0.2, 0.25) is 0 Å². The number of halogens is 1. The Balaban J connectivity index is 1.93. The molecular weight excluding hydrogens is 292 g/mol. The molecule has 0 atom stereocenters. The third-order valence-corrected chi connectivity index (χ3v) is 3.15. The van der Waals surface area contributed by atoms with E-state index in [0.717, 1.165) is 5.56 Å². The lowest BCUT2D eigenvalue weighted by Gasteiger charge is -2.11. The van der Waals surface area contributed by atoms with Crippen LogP contribution in [0.1, 0.15) is 11.4 Å². The molecule has 0 bridgehead atoms. The van der Waals surface area contributed by atoms with Crippen LogP contribution in [0, 0.1) is 0 Å². The molecular formula is C14H11ClN4O2. The van der Waals surface area contributed by atoms with Gasteiger partial charge in [0, 0.05) is 12.0 Å². The van der Waals surface area contributed by atoms with Crippen molar-refractivity contribution in [3.63, 3.8) is 0 Å². The van der Waals surface area contributed by atoms with Crippen LogP contribution in [0.2, 0.25) is 5.02 Å². The van der Waals surface area contributed by atoms with Gasteiger partial charge in [0.25, 0.3) is 0 Å². The molecule has 21 heavy (non-hydrogen) atoms. The Labute approximate surface area is 125 Å². The van der Waals surface area contributed by atoms with Gasteiger partial charge in [-0.3, -0.25) is 0 Å². The van der Waals surface area contributed by atoms with Crippen molar-refractivity contribution in [3.8, 4) is 17.2 Å². The van der Waals surface area contributed by atoms with Crippen LogP contribution in [0.5, 0.6) is 17.2 Å². The van der Waals surface area contributed by atoms with Crippen molar-refractivity contribution in [1.82, 2.24) is 20.6 Å². The Bertz CT molecular complexity index is 746. The first-order chi connectivity index (χ1) is 10.2. The molecule has 6 nitrogen and oxygen atoms in total. The van der Waals surface area contributed by atoms with Gasteiger partial charge in [-0.2, -0.15) is 5.21 Å². The minimum absolute atomic E-state index is 0.139. The summed E-state index contributed by atoms with van der Waals surface area (Å²) >= 11 is 6.09. The molecule has 1 heterocycles. The van der Waals surface area contributed by atoms with Gasteiger partial charge >= 0.3 is 0 Å². The fourth-order valence-corrected chi connectivity index (χ4v) is 2.05. The summed E-state index contributed by atoms with van der Waals surface area (Å²) in [4.78, 5) is 0. The van der Waals surface area contributed by atoms with E-state index in [1.807, 2.05) is 12.1 Å². The van der Waals surface area contributed by atoms with E-state index in [1.54, 1.807) is 30.3 Å². The fraction of sp³-hybridized carbons (Fsp3) is 0.0714. The van der Waals surface area contributed by atoms with Crippen molar-refractivity contribution >= 4 is 11.6 Å². The van der Waals surface area contributed by atoms with Crippen LogP contribution in [0.3, 0.4) is 0 Å². The number of para-hydroxylation sites is 1. The number of tetrazole rings is 1. The van der Waals surface area contributed by atoms with Crippen LogP contribution in [-0.2, 0) is 6.42 Å². The van der Waals surface area contributed by atoms with E-state index in [1.165, 1.54) is 0 Å². The number of rotatable bonds is 4. The zero-order valence-electron chi connectivity index (χ0n) is 10.8. The molecule has 2 aromatic carbocycles. The highest BCUT2D eigenvalue weighted by Gasteiger charge is 2.11.